The fourth-order valence-corrected chi connectivity index (χ4v) is 2.69. The molecule has 5 nitrogen and oxygen atoms in total. The fourth-order valence-electron chi connectivity index (χ4n) is 1.91. The predicted octanol–water partition coefficient (Wildman–Crippen LogP) is 2.36. The summed E-state index contributed by atoms with van der Waals surface area (Å²) < 4.78 is 1.92. The van der Waals surface area contributed by atoms with Crippen LogP contribution in [-0.4, -0.2) is 39.0 Å². The Morgan fingerprint density at radius 3 is 2.86 bits per heavy atom. The summed E-state index contributed by atoms with van der Waals surface area (Å²) in [5.74, 6) is 0. The van der Waals surface area contributed by atoms with Crippen LogP contribution in [0.3, 0.4) is 0 Å². The van der Waals surface area contributed by atoms with Crippen molar-refractivity contribution in [3.8, 4) is 0 Å². The molecule has 2 aromatic rings. The highest BCUT2D eigenvalue weighted by atomic mass is 32.1. The summed E-state index contributed by atoms with van der Waals surface area (Å²) in [5, 5.41) is 13.9. The molecule has 2 rings (SSSR count). The number of nitrogens with zero attached hydrogens (tertiary/aromatic N) is 4. The van der Waals surface area contributed by atoms with Crippen LogP contribution in [-0.2, 0) is 19.6 Å². The number of hydrogen-bond donors (Lipinski definition) is 1. The minimum Gasteiger partial charge on any atom is -0.306 e. The van der Waals surface area contributed by atoms with Crippen molar-refractivity contribution in [3.63, 3.8) is 0 Å². The molecule has 0 atom stereocenters. The van der Waals surface area contributed by atoms with Crippen LogP contribution in [0.25, 0.3) is 0 Å². The van der Waals surface area contributed by atoms with E-state index in [2.05, 4.69) is 65.9 Å². The maximum absolute atomic E-state index is 4.21. The lowest BCUT2D eigenvalue weighted by Gasteiger charge is -2.19. The third-order valence-corrected chi connectivity index (χ3v) is 3.96. The van der Waals surface area contributed by atoms with Gasteiger partial charge in [-0.25, -0.2) is 0 Å². The van der Waals surface area contributed by atoms with Crippen LogP contribution in [0, 0.1) is 0 Å². The molecule has 0 radical (unpaired) electrons. The molecule has 0 aromatic carbocycles. The molecule has 0 spiro atoms. The Morgan fingerprint density at radius 2 is 2.19 bits per heavy atom. The average Bonchev–Trinajstić information content (AvgIpc) is 3.04. The van der Waals surface area contributed by atoms with E-state index in [1.165, 1.54) is 4.88 Å². The van der Waals surface area contributed by atoms with E-state index >= 15 is 0 Å². The molecule has 0 amide bonds. The molecule has 1 N–H and O–H groups in total. The molecule has 0 bridgehead atoms. The predicted molar refractivity (Wildman–Crippen MR) is 87.3 cm³/mol. The summed E-state index contributed by atoms with van der Waals surface area (Å²) in [6.45, 7) is 10.0. The van der Waals surface area contributed by atoms with Crippen molar-refractivity contribution in [2.45, 2.75) is 45.9 Å². The number of likely N-dealkylation sites (N-methyl/N-ethyl adjacent to an activating group) is 1. The molecule has 6 heteroatoms. The Morgan fingerprint density at radius 1 is 1.38 bits per heavy atom. The third kappa shape index (κ3) is 5.95. The molecule has 0 fully saturated rings. The van der Waals surface area contributed by atoms with Crippen LogP contribution in [0.15, 0.2) is 23.7 Å². The van der Waals surface area contributed by atoms with Gasteiger partial charge in [-0.1, -0.05) is 11.3 Å². The van der Waals surface area contributed by atoms with Crippen molar-refractivity contribution in [1.82, 2.24) is 25.2 Å². The molecular weight excluding hydrogens is 282 g/mol. The van der Waals surface area contributed by atoms with Gasteiger partial charge in [0, 0.05) is 36.2 Å². The summed E-state index contributed by atoms with van der Waals surface area (Å²) in [7, 11) is 2.14. The molecule has 0 saturated carbocycles. The summed E-state index contributed by atoms with van der Waals surface area (Å²) in [6.07, 6.45) is 2.03. The number of hydrogen-bond acceptors (Lipinski definition) is 5. The first-order valence-electron chi connectivity index (χ1n) is 7.27. The van der Waals surface area contributed by atoms with E-state index in [1.54, 1.807) is 11.3 Å². The normalized spacial score (nSPS) is 12.2. The molecule has 116 valence electrons. The summed E-state index contributed by atoms with van der Waals surface area (Å²) in [5.41, 5.74) is 1.09. The Labute approximate surface area is 131 Å². The first kappa shape index (κ1) is 16.1. The van der Waals surface area contributed by atoms with E-state index in [0.29, 0.717) is 0 Å². The van der Waals surface area contributed by atoms with Gasteiger partial charge in [-0.3, -0.25) is 9.58 Å². The van der Waals surface area contributed by atoms with Gasteiger partial charge in [0.25, 0.3) is 0 Å². The zero-order valence-corrected chi connectivity index (χ0v) is 14.2. The maximum Gasteiger partial charge on any atom is 0.0965 e. The smallest absolute Gasteiger partial charge is 0.0965 e. The number of aromatic nitrogens is 3. The van der Waals surface area contributed by atoms with Gasteiger partial charge in [-0.2, -0.15) is 0 Å². The fraction of sp³-hybridized carbons (Fsp3) is 0.600. The van der Waals surface area contributed by atoms with Crippen molar-refractivity contribution >= 4 is 11.3 Å². The monoisotopic (exact) mass is 307 g/mol. The molecule has 0 unspecified atom stereocenters. The Balaban J connectivity index is 1.74. The van der Waals surface area contributed by atoms with Gasteiger partial charge >= 0.3 is 0 Å². The minimum atomic E-state index is 0.102. The second-order valence-electron chi connectivity index (χ2n) is 6.39. The zero-order chi connectivity index (χ0) is 15.3. The summed E-state index contributed by atoms with van der Waals surface area (Å²) in [4.78, 5) is 3.70. The molecule has 0 aliphatic heterocycles. The molecule has 0 aliphatic carbocycles. The maximum atomic E-state index is 4.21. The van der Waals surface area contributed by atoms with Crippen LogP contribution in [0.5, 0.6) is 0 Å². The average molecular weight is 307 g/mol. The zero-order valence-electron chi connectivity index (χ0n) is 13.3. The topological polar surface area (TPSA) is 46.0 Å². The van der Waals surface area contributed by atoms with Crippen LogP contribution < -0.4 is 5.32 Å². The Bertz CT molecular complexity index is 527. The van der Waals surface area contributed by atoms with Gasteiger partial charge in [-0.15, -0.1) is 16.4 Å². The second-order valence-corrected chi connectivity index (χ2v) is 7.43. The quantitative estimate of drug-likeness (QED) is 0.853. The Kier molecular flexibility index (Phi) is 5.50. The van der Waals surface area contributed by atoms with Crippen molar-refractivity contribution < 1.29 is 0 Å². The minimum absolute atomic E-state index is 0.102. The van der Waals surface area contributed by atoms with Crippen molar-refractivity contribution in [2.75, 3.05) is 13.6 Å². The lowest BCUT2D eigenvalue weighted by atomic mass is 10.1. The third-order valence-electron chi connectivity index (χ3n) is 3.10. The molecular formula is C15H25N5S. The first-order valence-corrected chi connectivity index (χ1v) is 8.15. The van der Waals surface area contributed by atoms with Crippen LogP contribution >= 0.6 is 11.3 Å². The van der Waals surface area contributed by atoms with E-state index in [-0.39, 0.29) is 5.54 Å². The molecule has 0 aliphatic rings. The van der Waals surface area contributed by atoms with Gasteiger partial charge in [0.1, 0.15) is 0 Å². The first-order chi connectivity index (χ1) is 9.92. The highest BCUT2D eigenvalue weighted by molar-refractivity contribution is 7.09. The SMILES string of the molecule is CN(CCn1cc(CNC(C)(C)C)nn1)Cc1cccs1. The van der Waals surface area contributed by atoms with Gasteiger partial charge in [0.05, 0.1) is 12.2 Å². The van der Waals surface area contributed by atoms with Crippen LogP contribution in [0.1, 0.15) is 31.3 Å². The standard InChI is InChI=1S/C15H25N5S/c1-15(2,3)16-10-13-11-20(18-17-13)8-7-19(4)12-14-6-5-9-21-14/h5-6,9,11,16H,7-8,10,12H2,1-4H3. The van der Waals surface area contributed by atoms with E-state index < -0.39 is 0 Å². The molecule has 2 aromatic heterocycles. The van der Waals surface area contributed by atoms with E-state index in [0.717, 1.165) is 31.9 Å². The van der Waals surface area contributed by atoms with E-state index in [9.17, 15) is 0 Å². The summed E-state index contributed by atoms with van der Waals surface area (Å²) in [6, 6.07) is 4.27. The molecule has 21 heavy (non-hydrogen) atoms. The van der Waals surface area contributed by atoms with Crippen molar-refractivity contribution in [3.05, 3.63) is 34.3 Å². The number of rotatable bonds is 7. The van der Waals surface area contributed by atoms with Gasteiger partial charge in [-0.05, 0) is 39.3 Å². The van der Waals surface area contributed by atoms with Crippen molar-refractivity contribution in [1.29, 1.82) is 0 Å². The molecule has 2 heterocycles. The van der Waals surface area contributed by atoms with E-state index in [1.807, 2.05) is 10.9 Å². The number of thiophene rings is 1. The van der Waals surface area contributed by atoms with Crippen molar-refractivity contribution in [2.24, 2.45) is 0 Å². The Hall–Kier alpha value is -1.24. The van der Waals surface area contributed by atoms with Gasteiger partial charge < -0.3 is 5.32 Å². The lowest BCUT2D eigenvalue weighted by molar-refractivity contribution is 0.306. The largest absolute Gasteiger partial charge is 0.306 e. The second kappa shape index (κ2) is 7.15. The number of nitrogens with one attached hydrogen (secondary N) is 1. The van der Waals surface area contributed by atoms with Gasteiger partial charge in [0.2, 0.25) is 0 Å². The lowest BCUT2D eigenvalue weighted by Crippen LogP contribution is -2.35. The van der Waals surface area contributed by atoms with Crippen LogP contribution in [0.2, 0.25) is 0 Å². The highest BCUT2D eigenvalue weighted by Crippen LogP contribution is 2.10. The highest BCUT2D eigenvalue weighted by Gasteiger charge is 2.10. The van der Waals surface area contributed by atoms with E-state index in [4.69, 9.17) is 0 Å². The van der Waals surface area contributed by atoms with Crippen LogP contribution in [0.4, 0.5) is 0 Å². The summed E-state index contributed by atoms with van der Waals surface area (Å²) >= 11 is 1.80. The van der Waals surface area contributed by atoms with Gasteiger partial charge in [0.15, 0.2) is 0 Å². The molecule has 0 saturated heterocycles.